The third-order valence-corrected chi connectivity index (χ3v) is 3.05. The molecule has 0 fully saturated rings. The van der Waals surface area contributed by atoms with E-state index in [0.29, 0.717) is 0 Å². The molecule has 15 heavy (non-hydrogen) atoms. The zero-order valence-electron chi connectivity index (χ0n) is 9.35. The molecule has 0 saturated heterocycles. The predicted octanol–water partition coefficient (Wildman–Crippen LogP) is 3.35. The monoisotopic (exact) mass is 271 g/mol. The number of rotatable bonds is 6. The van der Waals surface area contributed by atoms with Crippen molar-refractivity contribution in [2.24, 2.45) is 0 Å². The summed E-state index contributed by atoms with van der Waals surface area (Å²) in [5.74, 6) is 0.908. The van der Waals surface area contributed by atoms with Crippen molar-refractivity contribution in [2.75, 3.05) is 13.7 Å². The van der Waals surface area contributed by atoms with Crippen LogP contribution in [0.4, 0.5) is 0 Å². The molecule has 0 heterocycles. The minimum Gasteiger partial charge on any atom is -0.497 e. The summed E-state index contributed by atoms with van der Waals surface area (Å²) in [6.07, 6.45) is 2.45. The van der Waals surface area contributed by atoms with Gasteiger partial charge in [-0.2, -0.15) is 0 Å². The zero-order chi connectivity index (χ0) is 11.1. The Hall–Kier alpha value is -0.540. The molecule has 0 aliphatic carbocycles. The Morgan fingerprint density at radius 3 is 2.87 bits per heavy atom. The van der Waals surface area contributed by atoms with Gasteiger partial charge in [0.2, 0.25) is 0 Å². The van der Waals surface area contributed by atoms with Crippen LogP contribution in [0.25, 0.3) is 0 Å². The summed E-state index contributed by atoms with van der Waals surface area (Å²) in [5, 5.41) is 3.41. The van der Waals surface area contributed by atoms with Crippen LogP contribution in [0.15, 0.2) is 22.7 Å². The molecule has 2 nitrogen and oxygen atoms in total. The van der Waals surface area contributed by atoms with Gasteiger partial charge in [0.05, 0.1) is 7.11 Å². The first-order valence-corrected chi connectivity index (χ1v) is 6.10. The largest absolute Gasteiger partial charge is 0.497 e. The highest BCUT2D eigenvalue weighted by Crippen LogP contribution is 2.22. The van der Waals surface area contributed by atoms with Crippen LogP contribution in [0.2, 0.25) is 0 Å². The van der Waals surface area contributed by atoms with E-state index in [4.69, 9.17) is 4.74 Å². The predicted molar refractivity (Wildman–Crippen MR) is 67.3 cm³/mol. The average Bonchev–Trinajstić information content (AvgIpc) is 2.26. The second-order valence-electron chi connectivity index (χ2n) is 3.49. The molecule has 0 aromatic heterocycles. The van der Waals surface area contributed by atoms with Crippen molar-refractivity contribution in [2.45, 2.75) is 26.3 Å². The second-order valence-corrected chi connectivity index (χ2v) is 4.34. The highest BCUT2D eigenvalue weighted by atomic mass is 79.9. The van der Waals surface area contributed by atoms with Gasteiger partial charge in [-0.25, -0.2) is 0 Å². The molecule has 1 rings (SSSR count). The number of hydrogen-bond donors (Lipinski definition) is 1. The van der Waals surface area contributed by atoms with Gasteiger partial charge < -0.3 is 10.1 Å². The van der Waals surface area contributed by atoms with Crippen molar-refractivity contribution >= 4 is 15.9 Å². The summed E-state index contributed by atoms with van der Waals surface area (Å²) < 4.78 is 6.32. The third kappa shape index (κ3) is 4.22. The Balaban J connectivity index is 2.51. The first-order valence-electron chi connectivity index (χ1n) is 5.31. The normalized spacial score (nSPS) is 10.3. The molecular formula is C12H18BrNO. The highest BCUT2D eigenvalue weighted by Gasteiger charge is 2.01. The van der Waals surface area contributed by atoms with E-state index < -0.39 is 0 Å². The lowest BCUT2D eigenvalue weighted by Crippen LogP contribution is -2.14. The van der Waals surface area contributed by atoms with Crippen LogP contribution in [0, 0.1) is 0 Å². The number of halogens is 1. The molecule has 0 saturated carbocycles. The maximum atomic E-state index is 5.19. The fourth-order valence-electron chi connectivity index (χ4n) is 1.34. The summed E-state index contributed by atoms with van der Waals surface area (Å²) in [6.45, 7) is 4.15. The minimum atomic E-state index is 0.887. The Labute approximate surface area is 100 Å². The highest BCUT2D eigenvalue weighted by molar-refractivity contribution is 9.10. The topological polar surface area (TPSA) is 21.3 Å². The second kappa shape index (κ2) is 6.85. The van der Waals surface area contributed by atoms with Gasteiger partial charge in [-0.15, -0.1) is 0 Å². The molecule has 0 amide bonds. The standard InChI is InChI=1S/C12H18BrNO/c1-3-4-7-14-9-10-8-11(15-2)5-6-12(10)13/h5-6,8,14H,3-4,7,9H2,1-2H3. The average molecular weight is 272 g/mol. The lowest BCUT2D eigenvalue weighted by Gasteiger charge is -2.08. The van der Waals surface area contributed by atoms with E-state index in [9.17, 15) is 0 Å². The number of benzene rings is 1. The molecule has 0 spiro atoms. The molecule has 3 heteroatoms. The molecule has 1 aromatic carbocycles. The Morgan fingerprint density at radius 1 is 1.40 bits per heavy atom. The van der Waals surface area contributed by atoms with Gasteiger partial charge in [0.15, 0.2) is 0 Å². The first kappa shape index (κ1) is 12.5. The van der Waals surface area contributed by atoms with Crippen LogP contribution in [-0.2, 0) is 6.54 Å². The van der Waals surface area contributed by atoms with Crippen molar-refractivity contribution in [3.63, 3.8) is 0 Å². The fraction of sp³-hybridized carbons (Fsp3) is 0.500. The summed E-state index contributed by atoms with van der Waals surface area (Å²) in [5.41, 5.74) is 1.24. The van der Waals surface area contributed by atoms with E-state index in [1.54, 1.807) is 7.11 Å². The number of methoxy groups -OCH3 is 1. The van der Waals surface area contributed by atoms with Crippen LogP contribution < -0.4 is 10.1 Å². The molecule has 0 bridgehead atoms. The van der Waals surface area contributed by atoms with Crippen LogP contribution in [0.3, 0.4) is 0 Å². The number of ether oxygens (including phenoxy) is 1. The van der Waals surface area contributed by atoms with E-state index >= 15 is 0 Å². The lowest BCUT2D eigenvalue weighted by atomic mass is 10.2. The SMILES string of the molecule is CCCCNCc1cc(OC)ccc1Br. The molecule has 0 unspecified atom stereocenters. The summed E-state index contributed by atoms with van der Waals surface area (Å²) in [6, 6.07) is 6.04. The van der Waals surface area contributed by atoms with Gasteiger partial charge in [-0.05, 0) is 36.7 Å². The number of hydrogen-bond acceptors (Lipinski definition) is 2. The van der Waals surface area contributed by atoms with Crippen LogP contribution >= 0.6 is 15.9 Å². The van der Waals surface area contributed by atoms with Crippen molar-refractivity contribution in [1.29, 1.82) is 0 Å². The van der Waals surface area contributed by atoms with E-state index in [2.05, 4.69) is 34.2 Å². The van der Waals surface area contributed by atoms with E-state index in [0.717, 1.165) is 23.3 Å². The van der Waals surface area contributed by atoms with Gasteiger partial charge >= 0.3 is 0 Å². The smallest absolute Gasteiger partial charge is 0.119 e. The summed E-state index contributed by atoms with van der Waals surface area (Å²) in [7, 11) is 1.69. The zero-order valence-corrected chi connectivity index (χ0v) is 10.9. The van der Waals surface area contributed by atoms with Gasteiger partial charge in [0.1, 0.15) is 5.75 Å². The molecular weight excluding hydrogens is 254 g/mol. The lowest BCUT2D eigenvalue weighted by molar-refractivity contribution is 0.414. The molecule has 0 radical (unpaired) electrons. The Morgan fingerprint density at radius 2 is 2.20 bits per heavy atom. The minimum absolute atomic E-state index is 0.887. The maximum Gasteiger partial charge on any atom is 0.119 e. The van der Waals surface area contributed by atoms with E-state index in [1.807, 2.05) is 12.1 Å². The van der Waals surface area contributed by atoms with Gasteiger partial charge in [-0.3, -0.25) is 0 Å². The van der Waals surface area contributed by atoms with Crippen LogP contribution in [0.5, 0.6) is 5.75 Å². The molecule has 84 valence electrons. The van der Waals surface area contributed by atoms with E-state index in [-0.39, 0.29) is 0 Å². The van der Waals surface area contributed by atoms with Crippen LogP contribution in [0.1, 0.15) is 25.3 Å². The van der Waals surface area contributed by atoms with Crippen molar-refractivity contribution in [3.05, 3.63) is 28.2 Å². The van der Waals surface area contributed by atoms with Crippen molar-refractivity contribution < 1.29 is 4.74 Å². The van der Waals surface area contributed by atoms with Gasteiger partial charge in [0.25, 0.3) is 0 Å². The Kier molecular flexibility index (Phi) is 5.73. The van der Waals surface area contributed by atoms with E-state index in [1.165, 1.54) is 18.4 Å². The summed E-state index contributed by atoms with van der Waals surface area (Å²) in [4.78, 5) is 0. The number of unbranched alkanes of at least 4 members (excludes halogenated alkanes) is 1. The molecule has 1 N–H and O–H groups in total. The fourth-order valence-corrected chi connectivity index (χ4v) is 1.73. The van der Waals surface area contributed by atoms with Crippen LogP contribution in [-0.4, -0.2) is 13.7 Å². The molecule has 0 aliphatic rings. The molecule has 0 atom stereocenters. The van der Waals surface area contributed by atoms with Crippen molar-refractivity contribution in [1.82, 2.24) is 5.32 Å². The number of nitrogens with one attached hydrogen (secondary N) is 1. The molecule has 1 aromatic rings. The molecule has 0 aliphatic heterocycles. The maximum absolute atomic E-state index is 5.19. The quantitative estimate of drug-likeness (QED) is 0.802. The first-order chi connectivity index (χ1) is 7.27. The summed E-state index contributed by atoms with van der Waals surface area (Å²) >= 11 is 3.53. The van der Waals surface area contributed by atoms with Gasteiger partial charge in [0, 0.05) is 11.0 Å². The van der Waals surface area contributed by atoms with Crippen molar-refractivity contribution in [3.8, 4) is 5.75 Å². The Bertz CT molecular complexity index is 302. The van der Waals surface area contributed by atoms with Gasteiger partial charge in [-0.1, -0.05) is 29.3 Å². The third-order valence-electron chi connectivity index (χ3n) is 2.28.